The summed E-state index contributed by atoms with van der Waals surface area (Å²) in [4.78, 5) is 11.2. The lowest BCUT2D eigenvalue weighted by Gasteiger charge is -2.19. The van der Waals surface area contributed by atoms with Gasteiger partial charge in [0.2, 0.25) is 0 Å². The Hall–Kier alpha value is -1.51. The molecule has 0 heterocycles. The van der Waals surface area contributed by atoms with Crippen molar-refractivity contribution in [2.75, 3.05) is 13.2 Å². The Morgan fingerprint density at radius 2 is 1.68 bits per heavy atom. The first kappa shape index (κ1) is 15.5. The van der Waals surface area contributed by atoms with Crippen molar-refractivity contribution in [3.8, 4) is 5.75 Å². The van der Waals surface area contributed by atoms with Crippen LogP contribution in [0.1, 0.15) is 40.2 Å². The van der Waals surface area contributed by atoms with E-state index in [2.05, 4.69) is 32.9 Å². The van der Waals surface area contributed by atoms with Gasteiger partial charge < -0.3 is 9.47 Å². The van der Waals surface area contributed by atoms with Crippen molar-refractivity contribution < 1.29 is 14.3 Å². The maximum absolute atomic E-state index is 11.2. The van der Waals surface area contributed by atoms with Crippen LogP contribution in [0.5, 0.6) is 5.75 Å². The molecule has 19 heavy (non-hydrogen) atoms. The van der Waals surface area contributed by atoms with Crippen LogP contribution < -0.4 is 4.74 Å². The molecule has 0 aromatic heterocycles. The van der Waals surface area contributed by atoms with Gasteiger partial charge in [0.25, 0.3) is 0 Å². The lowest BCUT2D eigenvalue weighted by Crippen LogP contribution is -2.16. The second-order valence-corrected chi connectivity index (χ2v) is 5.95. The van der Waals surface area contributed by atoms with E-state index in [0.29, 0.717) is 6.61 Å². The van der Waals surface area contributed by atoms with Crippen LogP contribution in [0.2, 0.25) is 0 Å². The van der Waals surface area contributed by atoms with Gasteiger partial charge in [0.05, 0.1) is 5.92 Å². The second kappa shape index (κ2) is 6.60. The molecule has 0 bridgehead atoms. The monoisotopic (exact) mass is 264 g/mol. The van der Waals surface area contributed by atoms with Gasteiger partial charge in [0.15, 0.2) is 0 Å². The summed E-state index contributed by atoms with van der Waals surface area (Å²) >= 11 is 0. The average Bonchev–Trinajstić information content (AvgIpc) is 2.33. The van der Waals surface area contributed by atoms with Crippen LogP contribution in [0.25, 0.3) is 0 Å². The van der Waals surface area contributed by atoms with Crippen LogP contribution in [-0.2, 0) is 14.9 Å². The fourth-order valence-electron chi connectivity index (χ4n) is 1.52. The molecular weight excluding hydrogens is 240 g/mol. The first-order valence-corrected chi connectivity index (χ1v) is 6.70. The van der Waals surface area contributed by atoms with E-state index in [1.165, 1.54) is 5.56 Å². The van der Waals surface area contributed by atoms with E-state index in [1.54, 1.807) is 0 Å². The van der Waals surface area contributed by atoms with E-state index in [4.69, 9.17) is 9.47 Å². The van der Waals surface area contributed by atoms with Gasteiger partial charge in [0.1, 0.15) is 19.0 Å². The molecule has 0 radical (unpaired) electrons. The van der Waals surface area contributed by atoms with Crippen molar-refractivity contribution >= 4 is 5.97 Å². The third-order valence-corrected chi connectivity index (χ3v) is 2.79. The van der Waals surface area contributed by atoms with Gasteiger partial charge in [-0.2, -0.15) is 0 Å². The summed E-state index contributed by atoms with van der Waals surface area (Å²) in [5, 5.41) is 0. The summed E-state index contributed by atoms with van der Waals surface area (Å²) in [6.07, 6.45) is 0. The number of ether oxygens (including phenoxy) is 2. The van der Waals surface area contributed by atoms with Gasteiger partial charge in [-0.1, -0.05) is 46.8 Å². The molecule has 3 nitrogen and oxygen atoms in total. The van der Waals surface area contributed by atoms with E-state index in [9.17, 15) is 4.79 Å². The minimum atomic E-state index is -0.188. The topological polar surface area (TPSA) is 35.5 Å². The van der Waals surface area contributed by atoms with Crippen molar-refractivity contribution in [2.24, 2.45) is 5.92 Å². The Morgan fingerprint density at radius 3 is 2.16 bits per heavy atom. The number of hydrogen-bond acceptors (Lipinski definition) is 3. The van der Waals surface area contributed by atoms with Crippen molar-refractivity contribution in [1.29, 1.82) is 0 Å². The number of benzene rings is 1. The minimum absolute atomic E-state index is 0.0916. The highest BCUT2D eigenvalue weighted by molar-refractivity contribution is 5.71. The molecule has 0 saturated heterocycles. The molecule has 1 rings (SSSR count). The number of rotatable bonds is 5. The zero-order chi connectivity index (χ0) is 14.5. The van der Waals surface area contributed by atoms with Crippen LogP contribution >= 0.6 is 0 Å². The molecular formula is C16H24O3. The Morgan fingerprint density at radius 1 is 1.11 bits per heavy atom. The number of esters is 1. The first-order valence-electron chi connectivity index (χ1n) is 6.70. The zero-order valence-electron chi connectivity index (χ0n) is 12.5. The lowest BCUT2D eigenvalue weighted by molar-refractivity contribution is -0.148. The van der Waals surface area contributed by atoms with Gasteiger partial charge in [-0.25, -0.2) is 0 Å². The summed E-state index contributed by atoms with van der Waals surface area (Å²) in [7, 11) is 0. The van der Waals surface area contributed by atoms with Gasteiger partial charge in [-0.3, -0.25) is 4.79 Å². The van der Waals surface area contributed by atoms with E-state index < -0.39 is 0 Å². The largest absolute Gasteiger partial charge is 0.490 e. The highest BCUT2D eigenvalue weighted by Crippen LogP contribution is 2.24. The molecule has 0 atom stereocenters. The van der Waals surface area contributed by atoms with Crippen molar-refractivity contribution in [3.05, 3.63) is 29.8 Å². The lowest BCUT2D eigenvalue weighted by atomic mass is 9.87. The molecule has 0 aliphatic carbocycles. The highest BCUT2D eigenvalue weighted by Gasteiger charge is 2.13. The summed E-state index contributed by atoms with van der Waals surface area (Å²) < 4.78 is 10.6. The van der Waals surface area contributed by atoms with E-state index in [1.807, 2.05) is 26.0 Å². The predicted octanol–water partition coefficient (Wildman–Crippen LogP) is 3.56. The third kappa shape index (κ3) is 5.33. The molecule has 0 unspecified atom stereocenters. The van der Waals surface area contributed by atoms with Crippen molar-refractivity contribution in [3.63, 3.8) is 0 Å². The fraction of sp³-hybridized carbons (Fsp3) is 0.562. The maximum Gasteiger partial charge on any atom is 0.308 e. The van der Waals surface area contributed by atoms with Gasteiger partial charge >= 0.3 is 5.97 Å². The smallest absolute Gasteiger partial charge is 0.308 e. The van der Waals surface area contributed by atoms with E-state index in [-0.39, 0.29) is 23.9 Å². The Labute approximate surface area is 115 Å². The van der Waals surface area contributed by atoms with Crippen LogP contribution in [0.3, 0.4) is 0 Å². The van der Waals surface area contributed by atoms with Gasteiger partial charge in [-0.15, -0.1) is 0 Å². The minimum Gasteiger partial charge on any atom is -0.490 e. The second-order valence-electron chi connectivity index (χ2n) is 5.95. The quantitative estimate of drug-likeness (QED) is 0.602. The van der Waals surface area contributed by atoms with Gasteiger partial charge in [0, 0.05) is 0 Å². The zero-order valence-corrected chi connectivity index (χ0v) is 12.5. The summed E-state index contributed by atoms with van der Waals surface area (Å²) in [5.74, 6) is 0.520. The summed E-state index contributed by atoms with van der Waals surface area (Å²) in [6.45, 7) is 10.8. The molecule has 106 valence electrons. The van der Waals surface area contributed by atoms with Crippen molar-refractivity contribution in [2.45, 2.75) is 40.0 Å². The molecule has 0 amide bonds. The Bertz CT molecular complexity index is 399. The first-order chi connectivity index (χ1) is 8.80. The number of hydrogen-bond donors (Lipinski definition) is 0. The SMILES string of the molecule is CC(C)C(=O)OCCOc1ccc(C(C)(C)C)cc1. The average molecular weight is 264 g/mol. The molecule has 0 spiro atoms. The summed E-state index contributed by atoms with van der Waals surface area (Å²) in [5.41, 5.74) is 1.41. The molecule has 1 aromatic carbocycles. The van der Waals surface area contributed by atoms with E-state index >= 15 is 0 Å². The third-order valence-electron chi connectivity index (χ3n) is 2.79. The van der Waals surface area contributed by atoms with Crippen LogP contribution in [0.4, 0.5) is 0 Å². The molecule has 0 aliphatic heterocycles. The fourth-order valence-corrected chi connectivity index (χ4v) is 1.52. The molecule has 0 fully saturated rings. The van der Waals surface area contributed by atoms with Crippen LogP contribution in [-0.4, -0.2) is 19.2 Å². The molecule has 3 heteroatoms. The van der Waals surface area contributed by atoms with Crippen molar-refractivity contribution in [1.82, 2.24) is 0 Å². The van der Waals surface area contributed by atoms with E-state index in [0.717, 1.165) is 5.75 Å². The van der Waals surface area contributed by atoms with Crippen LogP contribution in [0, 0.1) is 5.92 Å². The molecule has 0 N–H and O–H groups in total. The Kier molecular flexibility index (Phi) is 5.40. The predicted molar refractivity (Wildman–Crippen MR) is 76.4 cm³/mol. The standard InChI is InChI=1S/C16H24O3/c1-12(2)15(17)19-11-10-18-14-8-6-13(7-9-14)16(3,4)5/h6-9,12H,10-11H2,1-5H3. The summed E-state index contributed by atoms with van der Waals surface area (Å²) in [6, 6.07) is 8.03. The van der Waals surface area contributed by atoms with Crippen LogP contribution in [0.15, 0.2) is 24.3 Å². The highest BCUT2D eigenvalue weighted by atomic mass is 16.6. The van der Waals surface area contributed by atoms with Gasteiger partial charge in [-0.05, 0) is 23.1 Å². The molecule has 1 aromatic rings. The Balaban J connectivity index is 2.37. The maximum atomic E-state index is 11.2. The molecule has 0 saturated carbocycles. The normalized spacial score (nSPS) is 11.5. The number of carbonyl (C=O) groups is 1. The molecule has 0 aliphatic rings. The number of carbonyl (C=O) groups excluding carboxylic acids is 1.